The van der Waals surface area contributed by atoms with Crippen molar-refractivity contribution in [2.45, 2.75) is 19.9 Å². The number of fused-ring (bicyclic) bond motifs is 1. The number of benzene rings is 1. The van der Waals surface area contributed by atoms with Crippen LogP contribution in [0.3, 0.4) is 0 Å². The Labute approximate surface area is 122 Å². The highest BCUT2D eigenvalue weighted by Gasteiger charge is 2.13. The molecule has 0 fully saturated rings. The number of rotatable bonds is 7. The Kier molecular flexibility index (Phi) is 5.11. The van der Waals surface area contributed by atoms with Gasteiger partial charge in [-0.2, -0.15) is 0 Å². The molecule has 1 aromatic carbocycles. The summed E-state index contributed by atoms with van der Waals surface area (Å²) in [5, 5.41) is 4.73. The standard InChI is InChI=1S/C15H20N2O2S/c1-10-12-5-3-4-6-13(12)20-15(10)11(2)17-7-8-19-9-14(16)18/h3-6,11,17H,7-9H2,1-2H3,(H2,16,18). The van der Waals surface area contributed by atoms with Crippen LogP contribution >= 0.6 is 11.3 Å². The summed E-state index contributed by atoms with van der Waals surface area (Å²) in [4.78, 5) is 11.9. The van der Waals surface area contributed by atoms with Crippen molar-refractivity contribution in [3.05, 3.63) is 34.7 Å². The molecule has 1 unspecified atom stereocenters. The van der Waals surface area contributed by atoms with Gasteiger partial charge in [0.15, 0.2) is 0 Å². The number of amides is 1. The minimum absolute atomic E-state index is 0.0159. The highest BCUT2D eigenvalue weighted by molar-refractivity contribution is 7.19. The van der Waals surface area contributed by atoms with Gasteiger partial charge < -0.3 is 15.8 Å². The second kappa shape index (κ2) is 6.83. The first-order valence-electron chi connectivity index (χ1n) is 6.67. The first-order valence-corrected chi connectivity index (χ1v) is 7.48. The van der Waals surface area contributed by atoms with E-state index in [-0.39, 0.29) is 12.6 Å². The molecule has 1 heterocycles. The zero-order chi connectivity index (χ0) is 14.5. The van der Waals surface area contributed by atoms with Gasteiger partial charge in [0.2, 0.25) is 5.91 Å². The summed E-state index contributed by atoms with van der Waals surface area (Å²) < 4.78 is 6.46. The smallest absolute Gasteiger partial charge is 0.243 e. The Morgan fingerprint density at radius 2 is 2.20 bits per heavy atom. The fourth-order valence-electron chi connectivity index (χ4n) is 2.22. The van der Waals surface area contributed by atoms with Crippen LogP contribution in [-0.4, -0.2) is 25.7 Å². The van der Waals surface area contributed by atoms with Gasteiger partial charge in [0.1, 0.15) is 6.61 Å². The lowest BCUT2D eigenvalue weighted by Gasteiger charge is -2.13. The number of nitrogens with two attached hydrogens (primary N) is 1. The van der Waals surface area contributed by atoms with Crippen LogP contribution < -0.4 is 11.1 Å². The molecular formula is C15H20N2O2S. The highest BCUT2D eigenvalue weighted by Crippen LogP contribution is 2.34. The normalized spacial score (nSPS) is 12.7. The predicted molar refractivity (Wildman–Crippen MR) is 83.0 cm³/mol. The Morgan fingerprint density at radius 1 is 1.45 bits per heavy atom. The van der Waals surface area contributed by atoms with E-state index in [2.05, 4.69) is 43.4 Å². The summed E-state index contributed by atoms with van der Waals surface area (Å²) in [6.45, 7) is 5.47. The topological polar surface area (TPSA) is 64.3 Å². The van der Waals surface area contributed by atoms with Gasteiger partial charge in [-0.3, -0.25) is 4.79 Å². The monoisotopic (exact) mass is 292 g/mol. The van der Waals surface area contributed by atoms with E-state index >= 15 is 0 Å². The third kappa shape index (κ3) is 3.56. The van der Waals surface area contributed by atoms with Crippen LogP contribution in [0.4, 0.5) is 0 Å². The third-order valence-electron chi connectivity index (χ3n) is 3.22. The summed E-state index contributed by atoms with van der Waals surface area (Å²) in [5.74, 6) is -0.432. The molecule has 0 bridgehead atoms. The average molecular weight is 292 g/mol. The fraction of sp³-hybridized carbons (Fsp3) is 0.400. The van der Waals surface area contributed by atoms with Crippen LogP contribution in [0.1, 0.15) is 23.4 Å². The summed E-state index contributed by atoms with van der Waals surface area (Å²) in [6, 6.07) is 8.72. The van der Waals surface area contributed by atoms with Crippen LogP contribution in [0.25, 0.3) is 10.1 Å². The number of hydrogen-bond acceptors (Lipinski definition) is 4. The lowest BCUT2D eigenvalue weighted by atomic mass is 10.1. The zero-order valence-corrected chi connectivity index (χ0v) is 12.6. The molecule has 1 aromatic heterocycles. The minimum Gasteiger partial charge on any atom is -0.370 e. The number of nitrogens with one attached hydrogen (secondary N) is 1. The molecule has 1 atom stereocenters. The van der Waals surface area contributed by atoms with Crippen LogP contribution in [-0.2, 0) is 9.53 Å². The van der Waals surface area contributed by atoms with Gasteiger partial charge in [-0.15, -0.1) is 11.3 Å². The highest BCUT2D eigenvalue weighted by atomic mass is 32.1. The molecule has 4 nitrogen and oxygen atoms in total. The summed E-state index contributed by atoms with van der Waals surface area (Å²) in [7, 11) is 0. The molecule has 20 heavy (non-hydrogen) atoms. The van der Waals surface area contributed by atoms with Crippen molar-refractivity contribution in [3.63, 3.8) is 0 Å². The number of carbonyl (C=O) groups excluding carboxylic acids is 1. The molecule has 1 amide bonds. The van der Waals surface area contributed by atoms with E-state index in [9.17, 15) is 4.79 Å². The SMILES string of the molecule is Cc1c(C(C)NCCOCC(N)=O)sc2ccccc12. The Hall–Kier alpha value is -1.43. The van der Waals surface area contributed by atoms with E-state index in [1.165, 1.54) is 20.5 Å². The molecule has 0 aliphatic carbocycles. The number of primary amides is 1. The van der Waals surface area contributed by atoms with Gasteiger partial charge in [0.05, 0.1) is 6.61 Å². The second-order valence-corrected chi connectivity index (χ2v) is 5.87. The largest absolute Gasteiger partial charge is 0.370 e. The van der Waals surface area contributed by atoms with E-state index in [1.54, 1.807) is 0 Å². The zero-order valence-electron chi connectivity index (χ0n) is 11.8. The van der Waals surface area contributed by atoms with E-state index < -0.39 is 5.91 Å². The fourth-order valence-corrected chi connectivity index (χ4v) is 3.46. The maximum atomic E-state index is 10.5. The summed E-state index contributed by atoms with van der Waals surface area (Å²) in [6.07, 6.45) is 0. The van der Waals surface area contributed by atoms with E-state index in [0.29, 0.717) is 13.2 Å². The molecule has 0 spiro atoms. The van der Waals surface area contributed by atoms with Gasteiger partial charge in [-0.25, -0.2) is 0 Å². The van der Waals surface area contributed by atoms with Crippen molar-refractivity contribution in [1.82, 2.24) is 5.32 Å². The molecule has 108 valence electrons. The lowest BCUT2D eigenvalue weighted by molar-refractivity contribution is -0.122. The lowest BCUT2D eigenvalue weighted by Crippen LogP contribution is -2.25. The minimum atomic E-state index is -0.432. The predicted octanol–water partition coefficient (Wildman–Crippen LogP) is 2.36. The second-order valence-electron chi connectivity index (χ2n) is 4.78. The third-order valence-corrected chi connectivity index (χ3v) is 4.67. The first-order chi connectivity index (χ1) is 9.59. The summed E-state index contributed by atoms with van der Waals surface area (Å²) in [5.41, 5.74) is 6.34. The molecular weight excluding hydrogens is 272 g/mol. The Morgan fingerprint density at radius 3 is 2.90 bits per heavy atom. The molecule has 0 saturated carbocycles. The Bertz CT molecular complexity index is 595. The van der Waals surface area contributed by atoms with Crippen molar-refractivity contribution in [1.29, 1.82) is 0 Å². The number of carbonyl (C=O) groups is 1. The number of aryl methyl sites for hydroxylation is 1. The molecule has 0 aliphatic rings. The molecule has 5 heteroatoms. The van der Waals surface area contributed by atoms with E-state index in [4.69, 9.17) is 10.5 Å². The van der Waals surface area contributed by atoms with Crippen LogP contribution in [0.2, 0.25) is 0 Å². The van der Waals surface area contributed by atoms with Gasteiger partial charge in [-0.1, -0.05) is 18.2 Å². The van der Waals surface area contributed by atoms with Crippen LogP contribution in [0, 0.1) is 6.92 Å². The molecule has 3 N–H and O–H groups in total. The van der Waals surface area contributed by atoms with E-state index in [0.717, 1.165) is 0 Å². The maximum Gasteiger partial charge on any atom is 0.243 e. The molecule has 2 aromatic rings. The van der Waals surface area contributed by atoms with Gasteiger partial charge >= 0.3 is 0 Å². The Balaban J connectivity index is 1.92. The van der Waals surface area contributed by atoms with Crippen molar-refractivity contribution >= 4 is 27.3 Å². The van der Waals surface area contributed by atoms with Crippen molar-refractivity contribution in [2.75, 3.05) is 19.8 Å². The van der Waals surface area contributed by atoms with Crippen molar-refractivity contribution in [2.24, 2.45) is 5.73 Å². The molecule has 2 rings (SSSR count). The quantitative estimate of drug-likeness (QED) is 0.770. The van der Waals surface area contributed by atoms with E-state index in [1.807, 2.05) is 11.3 Å². The van der Waals surface area contributed by atoms with Gasteiger partial charge in [0.25, 0.3) is 0 Å². The number of ether oxygens (including phenoxy) is 1. The number of thiophene rings is 1. The molecule has 0 aliphatic heterocycles. The van der Waals surface area contributed by atoms with Crippen molar-refractivity contribution in [3.8, 4) is 0 Å². The number of hydrogen-bond donors (Lipinski definition) is 2. The first kappa shape index (κ1) is 15.0. The van der Waals surface area contributed by atoms with Gasteiger partial charge in [0, 0.05) is 22.2 Å². The average Bonchev–Trinajstić information content (AvgIpc) is 2.76. The van der Waals surface area contributed by atoms with Crippen molar-refractivity contribution < 1.29 is 9.53 Å². The maximum absolute atomic E-state index is 10.5. The summed E-state index contributed by atoms with van der Waals surface area (Å²) >= 11 is 1.82. The van der Waals surface area contributed by atoms with Crippen LogP contribution in [0.5, 0.6) is 0 Å². The van der Waals surface area contributed by atoms with Crippen LogP contribution in [0.15, 0.2) is 24.3 Å². The van der Waals surface area contributed by atoms with Gasteiger partial charge in [-0.05, 0) is 30.9 Å². The molecule has 0 saturated heterocycles. The molecule has 0 radical (unpaired) electrons.